The van der Waals surface area contributed by atoms with Gasteiger partial charge >= 0.3 is 11.9 Å². The maximum absolute atomic E-state index is 11.1. The molecule has 6 nitrogen and oxygen atoms in total. The number of rotatable bonds is 5. The van der Waals surface area contributed by atoms with E-state index >= 15 is 0 Å². The maximum atomic E-state index is 11.1. The van der Waals surface area contributed by atoms with Crippen LogP contribution < -0.4 is 0 Å². The molecule has 7 heteroatoms. The van der Waals surface area contributed by atoms with Crippen molar-refractivity contribution in [2.45, 2.75) is 65.3 Å². The molecule has 1 unspecified atom stereocenters. The third-order valence-electron chi connectivity index (χ3n) is 1.84. The molecule has 0 heterocycles. The van der Waals surface area contributed by atoms with Gasteiger partial charge in [-0.25, -0.2) is 19.4 Å². The molecule has 0 aromatic carbocycles. The first-order valence-corrected chi connectivity index (χ1v) is 6.18. The van der Waals surface area contributed by atoms with E-state index in [4.69, 9.17) is 26.4 Å². The van der Waals surface area contributed by atoms with Gasteiger partial charge in [-0.15, -0.1) is 0 Å². The molecule has 0 saturated carbocycles. The highest BCUT2D eigenvalue weighted by molar-refractivity contribution is 6.35. The Bertz CT molecular complexity index is 321. The first kappa shape index (κ1) is 18.1. The number of carbonyl (C=O) groups is 2. The van der Waals surface area contributed by atoms with Gasteiger partial charge in [0.1, 0.15) is 23.6 Å². The Morgan fingerprint density at radius 3 is 2.00 bits per heavy atom. The highest BCUT2D eigenvalue weighted by atomic mass is 35.5. The normalized spacial score (nSPS) is 13.8. The van der Waals surface area contributed by atoms with E-state index in [1.54, 1.807) is 20.8 Å². The van der Waals surface area contributed by atoms with Crippen LogP contribution in [0.15, 0.2) is 0 Å². The van der Waals surface area contributed by atoms with Crippen LogP contribution >= 0.6 is 11.9 Å². The van der Waals surface area contributed by atoms with E-state index in [1.807, 2.05) is 20.8 Å². The van der Waals surface area contributed by atoms with Gasteiger partial charge in [0.15, 0.2) is 0 Å². The van der Waals surface area contributed by atoms with Crippen LogP contribution in [-0.4, -0.2) is 29.2 Å². The summed E-state index contributed by atoms with van der Waals surface area (Å²) in [4.78, 5) is 32.4. The fourth-order valence-electron chi connectivity index (χ4n) is 1.27. The largest absolute Gasteiger partial charge is 0.454 e. The summed E-state index contributed by atoms with van der Waals surface area (Å²) in [5.74, 6) is -2.40. The Morgan fingerprint density at radius 2 is 1.58 bits per heavy atom. The van der Waals surface area contributed by atoms with Crippen molar-refractivity contribution in [1.82, 2.24) is 0 Å². The lowest BCUT2D eigenvalue weighted by Crippen LogP contribution is -2.35. The lowest BCUT2D eigenvalue weighted by Gasteiger charge is -2.30. The molecule has 0 rings (SSSR count). The molecule has 19 heavy (non-hydrogen) atoms. The van der Waals surface area contributed by atoms with Gasteiger partial charge < -0.3 is 9.03 Å². The van der Waals surface area contributed by atoms with Crippen LogP contribution in [-0.2, 0) is 28.4 Å². The fraction of sp³-hybridized carbons (Fsp3) is 0.833. The van der Waals surface area contributed by atoms with E-state index in [0.717, 1.165) is 0 Å². The highest BCUT2D eigenvalue weighted by Gasteiger charge is 2.29. The number of halogens is 1. The smallest absolute Gasteiger partial charge is 0.435 e. The van der Waals surface area contributed by atoms with E-state index in [0.29, 0.717) is 6.42 Å². The molecule has 0 aromatic rings. The van der Waals surface area contributed by atoms with Crippen molar-refractivity contribution < 1.29 is 28.4 Å². The minimum absolute atomic E-state index is 0.338. The zero-order valence-electron chi connectivity index (χ0n) is 12.1. The Kier molecular flexibility index (Phi) is 6.76. The molecule has 0 saturated heterocycles. The average Bonchev–Trinajstić information content (AvgIpc) is 2.23. The molecule has 0 aliphatic carbocycles. The van der Waals surface area contributed by atoms with Crippen LogP contribution in [0.3, 0.4) is 0 Å². The lowest BCUT2D eigenvalue weighted by atomic mass is 10.0. The van der Waals surface area contributed by atoms with Gasteiger partial charge in [0.2, 0.25) is 0 Å². The predicted octanol–water partition coefficient (Wildman–Crippen LogP) is 2.53. The molecule has 0 fully saturated rings. The van der Waals surface area contributed by atoms with Crippen LogP contribution in [0.5, 0.6) is 0 Å². The Labute approximate surface area is 118 Å². The topological polar surface area (TPSA) is 71.1 Å². The summed E-state index contributed by atoms with van der Waals surface area (Å²) in [6, 6.07) is 0. The van der Waals surface area contributed by atoms with Crippen molar-refractivity contribution in [3.05, 3.63) is 0 Å². The summed E-state index contributed by atoms with van der Waals surface area (Å²) < 4.78 is 8.58. The number of hydrogen-bond donors (Lipinski definition) is 0. The summed E-state index contributed by atoms with van der Waals surface area (Å²) in [6.07, 6.45) is -0.216. The summed E-state index contributed by atoms with van der Waals surface area (Å²) in [5, 5.41) is 0. The van der Waals surface area contributed by atoms with E-state index in [9.17, 15) is 9.59 Å². The maximum Gasteiger partial charge on any atom is 0.435 e. The zero-order chi connectivity index (χ0) is 15.3. The molecule has 0 aromatic heterocycles. The van der Waals surface area contributed by atoms with Crippen molar-refractivity contribution >= 4 is 23.8 Å². The van der Waals surface area contributed by atoms with Gasteiger partial charge in [-0.1, -0.05) is 0 Å². The number of ether oxygens (including phenoxy) is 1. The summed E-state index contributed by atoms with van der Waals surface area (Å²) in [5.41, 5.74) is -1.13. The first-order chi connectivity index (χ1) is 8.47. The number of carbonyl (C=O) groups excluding carboxylic acids is 2. The molecule has 0 aliphatic rings. The van der Waals surface area contributed by atoms with Crippen LogP contribution in [0.4, 0.5) is 0 Å². The Morgan fingerprint density at radius 1 is 1.05 bits per heavy atom. The summed E-state index contributed by atoms with van der Waals surface area (Å²) in [6.45, 7) is 10.7. The standard InChI is InChI=1S/C12H21ClO6/c1-8(16-9(14)10(15)17-13)7-12(5,6)19-18-11(2,3)4/h8H,7H2,1-6H3. The quantitative estimate of drug-likeness (QED) is 0.336. The SMILES string of the molecule is CC(CC(C)(C)OOC(C)(C)C)OC(=O)C(=O)OCl. The summed E-state index contributed by atoms with van der Waals surface area (Å²) in [7, 11) is 0. The second kappa shape index (κ2) is 7.07. The van der Waals surface area contributed by atoms with Crippen molar-refractivity contribution in [1.29, 1.82) is 0 Å². The third-order valence-corrected chi connectivity index (χ3v) is 1.98. The number of esters is 1. The lowest BCUT2D eigenvalue weighted by molar-refractivity contribution is -0.399. The van der Waals surface area contributed by atoms with Crippen molar-refractivity contribution in [3.63, 3.8) is 0 Å². The van der Waals surface area contributed by atoms with Crippen molar-refractivity contribution in [2.75, 3.05) is 0 Å². The van der Waals surface area contributed by atoms with Gasteiger partial charge in [-0.2, -0.15) is 0 Å². The van der Waals surface area contributed by atoms with Crippen molar-refractivity contribution in [2.24, 2.45) is 0 Å². The van der Waals surface area contributed by atoms with Gasteiger partial charge in [0, 0.05) is 6.42 Å². The molecular formula is C12H21ClO6. The van der Waals surface area contributed by atoms with Crippen LogP contribution in [0.2, 0.25) is 0 Å². The molecule has 0 amide bonds. The van der Waals surface area contributed by atoms with Crippen LogP contribution in [0.25, 0.3) is 0 Å². The molecule has 0 radical (unpaired) electrons. The Balaban J connectivity index is 4.26. The monoisotopic (exact) mass is 296 g/mol. The van der Waals surface area contributed by atoms with E-state index in [1.165, 1.54) is 0 Å². The van der Waals surface area contributed by atoms with E-state index < -0.39 is 29.2 Å². The zero-order valence-corrected chi connectivity index (χ0v) is 12.9. The average molecular weight is 297 g/mol. The van der Waals surface area contributed by atoms with Gasteiger partial charge in [-0.05, 0) is 41.5 Å². The third kappa shape index (κ3) is 8.80. The van der Waals surface area contributed by atoms with Crippen LogP contribution in [0, 0.1) is 0 Å². The molecular weight excluding hydrogens is 276 g/mol. The van der Waals surface area contributed by atoms with Gasteiger partial charge in [0.05, 0.1) is 5.60 Å². The molecule has 0 N–H and O–H groups in total. The first-order valence-electron chi connectivity index (χ1n) is 5.87. The molecule has 1 atom stereocenters. The van der Waals surface area contributed by atoms with Gasteiger partial charge in [-0.3, -0.25) is 0 Å². The van der Waals surface area contributed by atoms with E-state index in [-0.39, 0.29) is 0 Å². The molecule has 0 bridgehead atoms. The van der Waals surface area contributed by atoms with E-state index in [2.05, 4.69) is 4.29 Å². The Hall–Kier alpha value is -0.850. The molecule has 0 aliphatic heterocycles. The number of hydrogen-bond acceptors (Lipinski definition) is 6. The summed E-state index contributed by atoms with van der Waals surface area (Å²) >= 11 is 4.77. The van der Waals surface area contributed by atoms with Crippen molar-refractivity contribution in [3.8, 4) is 0 Å². The van der Waals surface area contributed by atoms with Gasteiger partial charge in [0.25, 0.3) is 0 Å². The second-order valence-electron chi connectivity index (χ2n) is 5.82. The highest BCUT2D eigenvalue weighted by Crippen LogP contribution is 2.22. The molecule has 0 spiro atoms. The minimum Gasteiger partial charge on any atom is -0.454 e. The minimum atomic E-state index is -1.25. The predicted molar refractivity (Wildman–Crippen MR) is 68.1 cm³/mol. The van der Waals surface area contributed by atoms with Crippen LogP contribution in [0.1, 0.15) is 48.0 Å². The second-order valence-corrected chi connectivity index (χ2v) is 5.98. The molecule has 112 valence electrons. The fourth-order valence-corrected chi connectivity index (χ4v) is 1.33.